The largest absolute Gasteiger partial charge is 0.379 e. The molecule has 1 saturated heterocycles. The molecule has 1 aliphatic rings. The first kappa shape index (κ1) is 16.0. The quantitative estimate of drug-likeness (QED) is 0.873. The van der Waals surface area contributed by atoms with E-state index in [-0.39, 0.29) is 30.9 Å². The summed E-state index contributed by atoms with van der Waals surface area (Å²) in [6, 6.07) is 5.47. The van der Waals surface area contributed by atoms with Gasteiger partial charge in [0.25, 0.3) is 0 Å². The summed E-state index contributed by atoms with van der Waals surface area (Å²) in [5, 5.41) is 10.3. The summed E-state index contributed by atoms with van der Waals surface area (Å²) in [6.07, 6.45) is 1.30. The van der Waals surface area contributed by atoms with Crippen LogP contribution in [0.4, 0.5) is 4.39 Å². The van der Waals surface area contributed by atoms with Gasteiger partial charge in [-0.1, -0.05) is 12.1 Å². The zero-order valence-corrected chi connectivity index (χ0v) is 13.3. The second-order valence-corrected chi connectivity index (χ2v) is 7.44. The lowest BCUT2D eigenvalue weighted by Crippen LogP contribution is -2.31. The summed E-state index contributed by atoms with van der Waals surface area (Å²) in [5.41, 5.74) is 1.22. The van der Waals surface area contributed by atoms with Crippen molar-refractivity contribution in [3.8, 4) is 0 Å². The maximum atomic E-state index is 12.9. The lowest BCUT2D eigenvalue weighted by Gasteiger charge is -2.16. The van der Waals surface area contributed by atoms with Gasteiger partial charge in [-0.25, -0.2) is 12.8 Å². The summed E-state index contributed by atoms with van der Waals surface area (Å²) in [4.78, 5) is 0. The predicted molar refractivity (Wildman–Crippen MR) is 80.5 cm³/mol. The average Bonchev–Trinajstić information content (AvgIpc) is 3.17. The summed E-state index contributed by atoms with van der Waals surface area (Å²) in [6.45, 7) is 0.548. The molecule has 0 radical (unpaired) electrons. The lowest BCUT2D eigenvalue weighted by atomic mass is 10.0. The predicted octanol–water partition coefficient (Wildman–Crippen LogP) is 0.888. The molecule has 2 atom stereocenters. The van der Waals surface area contributed by atoms with Gasteiger partial charge >= 0.3 is 0 Å². The fourth-order valence-electron chi connectivity index (χ4n) is 2.76. The van der Waals surface area contributed by atoms with Crippen LogP contribution in [0, 0.1) is 5.82 Å². The molecule has 1 aliphatic heterocycles. The van der Waals surface area contributed by atoms with E-state index in [9.17, 15) is 12.8 Å². The fraction of sp³-hybridized carbons (Fsp3) is 0.429. The van der Waals surface area contributed by atoms with Crippen LogP contribution in [0.25, 0.3) is 0 Å². The highest BCUT2D eigenvalue weighted by molar-refractivity contribution is 7.88. The highest BCUT2D eigenvalue weighted by Crippen LogP contribution is 2.30. The molecule has 3 rings (SSSR count). The monoisotopic (exact) mass is 340 g/mol. The Labute approximate surface area is 133 Å². The molecule has 0 aliphatic carbocycles. The number of nitrogens with one attached hydrogen (secondary N) is 1. The number of sulfonamides is 1. The molecule has 7 nitrogen and oxygen atoms in total. The van der Waals surface area contributed by atoms with Gasteiger partial charge in [-0.3, -0.25) is 0 Å². The number of methoxy groups -OCH3 is 1. The van der Waals surface area contributed by atoms with Crippen molar-refractivity contribution in [3.63, 3.8) is 0 Å². The Bertz CT molecular complexity index is 749. The van der Waals surface area contributed by atoms with E-state index < -0.39 is 15.8 Å². The van der Waals surface area contributed by atoms with Crippen molar-refractivity contribution in [2.24, 2.45) is 0 Å². The van der Waals surface area contributed by atoms with Crippen LogP contribution in [0.15, 0.2) is 30.5 Å². The van der Waals surface area contributed by atoms with Gasteiger partial charge < -0.3 is 4.74 Å². The number of hydrogen-bond acceptors (Lipinski definition) is 5. The molecule has 124 valence electrons. The third-order valence-corrected chi connectivity index (χ3v) is 5.79. The van der Waals surface area contributed by atoms with E-state index in [2.05, 4.69) is 15.4 Å². The maximum absolute atomic E-state index is 12.9. The van der Waals surface area contributed by atoms with Crippen LogP contribution in [0.2, 0.25) is 0 Å². The van der Waals surface area contributed by atoms with E-state index in [4.69, 9.17) is 4.74 Å². The number of H-pyrrole nitrogens is 1. The lowest BCUT2D eigenvalue weighted by molar-refractivity contribution is 0.101. The summed E-state index contributed by atoms with van der Waals surface area (Å²) < 4.78 is 44.9. The Balaban J connectivity index is 1.77. The molecule has 9 heteroatoms. The fourth-order valence-corrected chi connectivity index (χ4v) is 4.32. The molecule has 2 heterocycles. The summed E-state index contributed by atoms with van der Waals surface area (Å²) in [7, 11) is -1.97. The number of rotatable bonds is 5. The second-order valence-electron chi connectivity index (χ2n) is 5.48. The first-order chi connectivity index (χ1) is 11.0. The highest BCUT2D eigenvalue weighted by atomic mass is 32.2. The third-order valence-electron chi connectivity index (χ3n) is 4.00. The Hall–Kier alpha value is -1.84. The van der Waals surface area contributed by atoms with Crippen molar-refractivity contribution in [2.75, 3.05) is 20.2 Å². The molecule has 1 aromatic heterocycles. The number of aromatic nitrogens is 3. The minimum Gasteiger partial charge on any atom is -0.379 e. The van der Waals surface area contributed by atoms with Crippen LogP contribution >= 0.6 is 0 Å². The minimum atomic E-state index is -3.52. The summed E-state index contributed by atoms with van der Waals surface area (Å²) in [5.74, 6) is -0.727. The zero-order chi connectivity index (χ0) is 16.4. The van der Waals surface area contributed by atoms with Gasteiger partial charge in [0.15, 0.2) is 0 Å². The smallest absolute Gasteiger partial charge is 0.218 e. The van der Waals surface area contributed by atoms with Crippen LogP contribution in [-0.2, 0) is 20.5 Å². The highest BCUT2D eigenvalue weighted by Gasteiger charge is 2.40. The molecular weight excluding hydrogens is 323 g/mol. The van der Waals surface area contributed by atoms with Gasteiger partial charge in [0.2, 0.25) is 10.0 Å². The molecule has 1 fully saturated rings. The first-order valence-corrected chi connectivity index (χ1v) is 8.71. The third kappa shape index (κ3) is 3.41. The second kappa shape index (κ2) is 6.34. The van der Waals surface area contributed by atoms with Gasteiger partial charge in [-0.2, -0.15) is 19.7 Å². The van der Waals surface area contributed by atoms with Crippen molar-refractivity contribution < 1.29 is 17.5 Å². The zero-order valence-electron chi connectivity index (χ0n) is 12.5. The van der Waals surface area contributed by atoms with Crippen LogP contribution in [-0.4, -0.2) is 54.4 Å². The average molecular weight is 340 g/mol. The van der Waals surface area contributed by atoms with Crippen molar-refractivity contribution in [1.82, 2.24) is 19.7 Å². The van der Waals surface area contributed by atoms with Crippen molar-refractivity contribution in [1.29, 1.82) is 0 Å². The molecule has 0 saturated carbocycles. The number of hydrogen-bond donors (Lipinski definition) is 1. The van der Waals surface area contributed by atoms with E-state index >= 15 is 0 Å². The minimum absolute atomic E-state index is 0.165. The van der Waals surface area contributed by atoms with E-state index in [0.29, 0.717) is 11.3 Å². The molecule has 23 heavy (non-hydrogen) atoms. The van der Waals surface area contributed by atoms with E-state index in [1.54, 1.807) is 13.3 Å². The number of aromatic amines is 1. The number of halogens is 1. The first-order valence-electron chi connectivity index (χ1n) is 7.10. The number of ether oxygens (including phenoxy) is 1. The Kier molecular flexibility index (Phi) is 4.42. The van der Waals surface area contributed by atoms with Crippen LogP contribution in [0.3, 0.4) is 0 Å². The summed E-state index contributed by atoms with van der Waals surface area (Å²) >= 11 is 0. The van der Waals surface area contributed by atoms with Crippen molar-refractivity contribution >= 4 is 10.0 Å². The van der Waals surface area contributed by atoms with E-state index in [1.807, 2.05) is 0 Å². The molecule has 1 aromatic carbocycles. The van der Waals surface area contributed by atoms with Gasteiger partial charge in [0.1, 0.15) is 5.82 Å². The van der Waals surface area contributed by atoms with Gasteiger partial charge in [0.05, 0.1) is 23.7 Å². The standard InChI is InChI=1S/C14H17FN4O3S/c1-22-14-8-19(7-12(14)13-6-16-18-17-13)23(20,21)9-10-2-4-11(15)5-3-10/h2-6,12,14H,7-9H2,1H3,(H,16,17,18)/t12-,14+/m0/s1. The molecular formula is C14H17FN4O3S. The van der Waals surface area contributed by atoms with Crippen LogP contribution < -0.4 is 0 Å². The van der Waals surface area contributed by atoms with Crippen LogP contribution in [0.1, 0.15) is 17.2 Å². The SMILES string of the molecule is CO[C@@H]1CN(S(=O)(=O)Cc2ccc(F)cc2)C[C@H]1c1cn[nH]n1. The molecule has 2 aromatic rings. The molecule has 0 amide bonds. The molecule has 0 unspecified atom stereocenters. The van der Waals surface area contributed by atoms with E-state index in [1.165, 1.54) is 28.6 Å². The van der Waals surface area contributed by atoms with Crippen LogP contribution in [0.5, 0.6) is 0 Å². The van der Waals surface area contributed by atoms with E-state index in [0.717, 1.165) is 0 Å². The maximum Gasteiger partial charge on any atom is 0.218 e. The topological polar surface area (TPSA) is 88.2 Å². The Morgan fingerprint density at radius 3 is 2.70 bits per heavy atom. The van der Waals surface area contributed by atoms with Crippen molar-refractivity contribution in [3.05, 3.63) is 47.5 Å². The molecule has 0 spiro atoms. The van der Waals surface area contributed by atoms with Gasteiger partial charge in [0, 0.05) is 26.1 Å². The normalized spacial score (nSPS) is 22.5. The van der Waals surface area contributed by atoms with Crippen molar-refractivity contribution in [2.45, 2.75) is 17.8 Å². The molecule has 0 bridgehead atoms. The number of nitrogens with zero attached hydrogens (tertiary/aromatic N) is 3. The Morgan fingerprint density at radius 2 is 2.09 bits per heavy atom. The molecule has 1 N–H and O–H groups in total. The Morgan fingerprint density at radius 1 is 1.35 bits per heavy atom. The van der Waals surface area contributed by atoms with Gasteiger partial charge in [-0.05, 0) is 17.7 Å². The number of benzene rings is 1. The van der Waals surface area contributed by atoms with Gasteiger partial charge in [-0.15, -0.1) is 0 Å².